The van der Waals surface area contributed by atoms with Crippen LogP contribution < -0.4 is 9.47 Å². The van der Waals surface area contributed by atoms with Crippen molar-refractivity contribution >= 4 is 17.9 Å². The number of carbonyl (C=O) groups is 1. The number of phenolic OH excluding ortho intramolecular Hbond substituents is 6. The molecule has 5 atom stereocenters. The standard InChI is InChI=1S/C34H26O10/c1-32-15-23(21-8-6-20(37)14-27(21)42-32)33-30(31(32)41)29-26(40)10-16(2-3-17-4-5-18(35)12-24(17)38)11-28(29)43-34(33,44-33)22-9-7-19(36)13-25(22)39/h2-14,23,30,35-40H,15H2,1H3/b3-2+/t23-,30?,32-,33?,34?/m0/s1. The molecule has 2 fully saturated rings. The molecule has 3 unspecified atom stereocenters. The van der Waals surface area contributed by atoms with Crippen molar-refractivity contribution in [1.29, 1.82) is 0 Å². The molecule has 1 saturated heterocycles. The van der Waals surface area contributed by atoms with Crippen molar-refractivity contribution in [2.24, 2.45) is 0 Å². The van der Waals surface area contributed by atoms with Gasteiger partial charge >= 0.3 is 0 Å². The summed E-state index contributed by atoms with van der Waals surface area (Å²) in [6.07, 6.45) is 3.44. The topological polar surface area (TPSA) is 169 Å². The number of hydrogen-bond donors (Lipinski definition) is 6. The van der Waals surface area contributed by atoms with Gasteiger partial charge in [-0.15, -0.1) is 0 Å². The van der Waals surface area contributed by atoms with Gasteiger partial charge in [-0.1, -0.05) is 18.2 Å². The zero-order valence-electron chi connectivity index (χ0n) is 23.2. The van der Waals surface area contributed by atoms with Crippen molar-refractivity contribution in [3.63, 3.8) is 0 Å². The second kappa shape index (κ2) is 8.39. The number of carbonyl (C=O) groups excluding carboxylic acids is 1. The van der Waals surface area contributed by atoms with Crippen LogP contribution in [0.3, 0.4) is 0 Å². The largest absolute Gasteiger partial charge is 0.508 e. The van der Waals surface area contributed by atoms with E-state index < -0.39 is 28.8 Å². The summed E-state index contributed by atoms with van der Waals surface area (Å²) >= 11 is 0. The van der Waals surface area contributed by atoms with Gasteiger partial charge in [0.1, 0.15) is 46.0 Å². The van der Waals surface area contributed by atoms with E-state index in [1.54, 1.807) is 31.2 Å². The van der Waals surface area contributed by atoms with Gasteiger partial charge in [-0.05, 0) is 55.0 Å². The minimum atomic E-state index is -1.68. The normalized spacial score (nSPS) is 29.1. The summed E-state index contributed by atoms with van der Waals surface area (Å²) in [7, 11) is 0. The minimum Gasteiger partial charge on any atom is -0.508 e. The SMILES string of the molecule is C[C@@]12C[C@@H](c3ccc(O)cc3O1)C13OC1(c1ccc(O)cc1O)Oc1cc(/C=C/c4ccc(O)cc4O)cc(O)c1C3C2=O. The van der Waals surface area contributed by atoms with Crippen LogP contribution >= 0.6 is 0 Å². The van der Waals surface area contributed by atoms with Gasteiger partial charge in [-0.2, -0.15) is 0 Å². The van der Waals surface area contributed by atoms with Crippen LogP contribution in [0.5, 0.6) is 46.0 Å². The van der Waals surface area contributed by atoms with Gasteiger partial charge in [0.05, 0.1) is 11.5 Å². The minimum absolute atomic E-state index is 0.0305. The van der Waals surface area contributed by atoms with Crippen LogP contribution in [-0.4, -0.2) is 47.6 Å². The van der Waals surface area contributed by atoms with E-state index in [0.717, 1.165) is 0 Å². The van der Waals surface area contributed by atoms with E-state index in [4.69, 9.17) is 14.2 Å². The first-order valence-corrected chi connectivity index (χ1v) is 14.0. The number of epoxide rings is 1. The van der Waals surface area contributed by atoms with E-state index in [1.807, 2.05) is 0 Å². The van der Waals surface area contributed by atoms with Gasteiger partial charge in [0.15, 0.2) is 17.0 Å². The maximum absolute atomic E-state index is 14.5. The highest BCUT2D eigenvalue weighted by Crippen LogP contribution is 2.77. The lowest BCUT2D eigenvalue weighted by Gasteiger charge is -2.51. The molecular weight excluding hydrogens is 568 g/mol. The number of ether oxygens (including phenoxy) is 3. The highest BCUT2D eigenvalue weighted by atomic mass is 16.8. The summed E-state index contributed by atoms with van der Waals surface area (Å²) in [6.45, 7) is 1.68. The maximum atomic E-state index is 14.5. The van der Waals surface area contributed by atoms with Crippen molar-refractivity contribution in [3.05, 3.63) is 94.5 Å². The van der Waals surface area contributed by atoms with Crippen molar-refractivity contribution in [2.75, 3.05) is 0 Å². The zero-order chi connectivity index (χ0) is 30.8. The van der Waals surface area contributed by atoms with Gasteiger partial charge < -0.3 is 44.8 Å². The van der Waals surface area contributed by atoms with Gasteiger partial charge in [0.2, 0.25) is 0 Å². The molecule has 4 aromatic carbocycles. The van der Waals surface area contributed by atoms with Gasteiger partial charge in [0, 0.05) is 47.2 Å². The molecule has 1 spiro atoms. The molecule has 0 radical (unpaired) electrons. The van der Waals surface area contributed by atoms with Crippen LogP contribution in [0, 0.1) is 0 Å². The first-order valence-electron chi connectivity index (χ1n) is 14.0. The van der Waals surface area contributed by atoms with Crippen LogP contribution in [0.4, 0.5) is 0 Å². The predicted molar refractivity (Wildman–Crippen MR) is 155 cm³/mol. The molecule has 10 heteroatoms. The maximum Gasteiger partial charge on any atom is 0.272 e. The lowest BCUT2D eigenvalue weighted by Crippen LogP contribution is -2.61. The molecule has 1 saturated carbocycles. The average molecular weight is 595 g/mol. The Morgan fingerprint density at radius 2 is 1.45 bits per heavy atom. The van der Waals surface area contributed by atoms with E-state index in [2.05, 4.69) is 0 Å². The Labute approximate surface area is 250 Å². The molecule has 0 amide bonds. The summed E-state index contributed by atoms with van der Waals surface area (Å²) in [5, 5.41) is 62.6. The van der Waals surface area contributed by atoms with E-state index in [9.17, 15) is 35.4 Å². The Hall–Kier alpha value is -5.35. The Morgan fingerprint density at radius 3 is 2.20 bits per heavy atom. The summed E-state index contributed by atoms with van der Waals surface area (Å²) in [6, 6.07) is 16.0. The second-order valence-electron chi connectivity index (χ2n) is 12.0. The molecule has 222 valence electrons. The monoisotopic (exact) mass is 594 g/mol. The molecule has 10 nitrogen and oxygen atoms in total. The quantitative estimate of drug-likeness (QED) is 0.139. The van der Waals surface area contributed by atoms with Crippen molar-refractivity contribution in [2.45, 2.75) is 42.2 Å². The number of ketones is 1. The number of fused-ring (bicyclic) bond motifs is 6. The van der Waals surface area contributed by atoms with Crippen LogP contribution in [0.15, 0.2) is 66.7 Å². The lowest BCUT2D eigenvalue weighted by atomic mass is 9.56. The second-order valence-corrected chi connectivity index (χ2v) is 12.0. The molecule has 0 aromatic heterocycles. The molecule has 2 bridgehead atoms. The van der Waals surface area contributed by atoms with E-state index >= 15 is 0 Å². The first-order chi connectivity index (χ1) is 21.0. The van der Waals surface area contributed by atoms with E-state index in [-0.39, 0.29) is 63.6 Å². The van der Waals surface area contributed by atoms with E-state index in [0.29, 0.717) is 22.4 Å². The molecular formula is C34H26O10. The molecule has 6 N–H and O–H groups in total. The lowest BCUT2D eigenvalue weighted by molar-refractivity contribution is -0.145. The highest BCUT2D eigenvalue weighted by Gasteiger charge is 2.87. The van der Waals surface area contributed by atoms with Crippen molar-refractivity contribution in [3.8, 4) is 46.0 Å². The fourth-order valence-electron chi connectivity index (χ4n) is 7.36. The zero-order valence-corrected chi connectivity index (χ0v) is 23.2. The third-order valence-electron chi connectivity index (χ3n) is 9.31. The van der Waals surface area contributed by atoms with Crippen LogP contribution in [0.2, 0.25) is 0 Å². The Balaban J connectivity index is 1.34. The fraction of sp³-hybridized carbons (Fsp3) is 0.206. The Kier molecular flexibility index (Phi) is 5.01. The number of hydrogen-bond acceptors (Lipinski definition) is 10. The number of phenols is 6. The van der Waals surface area contributed by atoms with Crippen molar-refractivity contribution in [1.82, 2.24) is 0 Å². The van der Waals surface area contributed by atoms with Gasteiger partial charge in [-0.25, -0.2) is 0 Å². The van der Waals surface area contributed by atoms with Crippen LogP contribution in [-0.2, 0) is 15.3 Å². The van der Waals surface area contributed by atoms with Gasteiger partial charge in [-0.3, -0.25) is 4.79 Å². The summed E-state index contributed by atoms with van der Waals surface area (Å²) in [4.78, 5) is 14.5. The number of rotatable bonds is 3. The average Bonchev–Trinajstić information content (AvgIpc) is 3.63. The summed E-state index contributed by atoms with van der Waals surface area (Å²) < 4.78 is 19.4. The van der Waals surface area contributed by atoms with Crippen LogP contribution in [0.1, 0.15) is 53.0 Å². The first kappa shape index (κ1) is 26.3. The molecule has 3 aliphatic heterocycles. The molecule has 3 heterocycles. The molecule has 1 aliphatic carbocycles. The molecule has 8 rings (SSSR count). The molecule has 44 heavy (non-hydrogen) atoms. The van der Waals surface area contributed by atoms with Crippen molar-refractivity contribution < 1.29 is 49.6 Å². The predicted octanol–water partition coefficient (Wildman–Crippen LogP) is 5.10. The fourth-order valence-corrected chi connectivity index (χ4v) is 7.36. The summed E-state index contributed by atoms with van der Waals surface area (Å²) in [5.74, 6) is -4.11. The van der Waals surface area contributed by atoms with Crippen LogP contribution in [0.25, 0.3) is 12.2 Å². The third kappa shape index (κ3) is 3.31. The highest BCUT2D eigenvalue weighted by molar-refractivity contribution is 5.99. The number of benzene rings is 4. The Bertz CT molecular complexity index is 1970. The number of Topliss-reactive ketones (excluding diaryl/α,β-unsaturated/α-hetero) is 1. The van der Waals surface area contributed by atoms with Gasteiger partial charge in [0.25, 0.3) is 5.79 Å². The smallest absolute Gasteiger partial charge is 0.272 e. The Morgan fingerprint density at radius 1 is 0.750 bits per heavy atom. The third-order valence-corrected chi connectivity index (χ3v) is 9.31. The summed E-state index contributed by atoms with van der Waals surface area (Å²) in [5.41, 5.74) is -0.756. The molecule has 4 aliphatic rings. The number of aromatic hydroxyl groups is 6. The van der Waals surface area contributed by atoms with E-state index in [1.165, 1.54) is 54.6 Å². The molecule has 4 aromatic rings.